The maximum Gasteiger partial charge on any atom is 0.251 e. The van der Waals surface area contributed by atoms with Gasteiger partial charge in [0.25, 0.3) is 5.91 Å². The second-order valence-electron chi connectivity index (χ2n) is 5.75. The summed E-state index contributed by atoms with van der Waals surface area (Å²) in [7, 11) is 0. The molecule has 1 aromatic heterocycles. The molecule has 1 saturated carbocycles. The van der Waals surface area contributed by atoms with Crippen LogP contribution in [0.1, 0.15) is 55.1 Å². The molecular formula is C16H25N3O. The molecule has 1 heterocycles. The van der Waals surface area contributed by atoms with Crippen molar-refractivity contribution in [2.45, 2.75) is 45.6 Å². The molecule has 4 heteroatoms. The summed E-state index contributed by atoms with van der Waals surface area (Å²) >= 11 is 0. The Morgan fingerprint density at radius 3 is 2.70 bits per heavy atom. The molecule has 0 aromatic carbocycles. The first-order valence-corrected chi connectivity index (χ1v) is 7.66. The Hall–Kier alpha value is -1.42. The summed E-state index contributed by atoms with van der Waals surface area (Å²) in [6.07, 6.45) is 8.03. The van der Waals surface area contributed by atoms with Gasteiger partial charge in [-0.1, -0.05) is 26.2 Å². The van der Waals surface area contributed by atoms with Crippen molar-refractivity contribution in [3.63, 3.8) is 0 Å². The van der Waals surface area contributed by atoms with E-state index in [-0.39, 0.29) is 5.91 Å². The van der Waals surface area contributed by atoms with Crippen molar-refractivity contribution in [1.29, 1.82) is 0 Å². The zero-order valence-corrected chi connectivity index (χ0v) is 12.3. The molecule has 1 aromatic rings. The molecule has 4 nitrogen and oxygen atoms in total. The molecule has 0 atom stereocenters. The minimum absolute atomic E-state index is 0.0142. The summed E-state index contributed by atoms with van der Waals surface area (Å²) in [6.45, 7) is 3.42. The molecule has 1 aliphatic rings. The van der Waals surface area contributed by atoms with Crippen molar-refractivity contribution in [2.75, 3.05) is 6.54 Å². The topological polar surface area (TPSA) is 68.0 Å². The Kier molecular flexibility index (Phi) is 5.53. The second-order valence-corrected chi connectivity index (χ2v) is 5.75. The SMILES string of the molecule is CCC1CCC(CNC(=O)c2ccnc(CN)c2)CC1. The lowest BCUT2D eigenvalue weighted by molar-refractivity contribution is 0.0941. The van der Waals surface area contributed by atoms with Crippen LogP contribution < -0.4 is 11.1 Å². The molecule has 0 radical (unpaired) electrons. The molecule has 0 unspecified atom stereocenters. The van der Waals surface area contributed by atoms with Crippen LogP contribution in [0.5, 0.6) is 0 Å². The summed E-state index contributed by atoms with van der Waals surface area (Å²) in [5, 5.41) is 3.05. The minimum atomic E-state index is -0.0142. The number of nitrogens with two attached hydrogens (primary N) is 1. The molecule has 2 rings (SSSR count). The number of hydrogen-bond donors (Lipinski definition) is 2. The van der Waals surface area contributed by atoms with Gasteiger partial charge in [0.2, 0.25) is 0 Å². The number of amides is 1. The van der Waals surface area contributed by atoms with Crippen LogP contribution in [0.2, 0.25) is 0 Å². The van der Waals surface area contributed by atoms with E-state index in [2.05, 4.69) is 17.2 Å². The van der Waals surface area contributed by atoms with Gasteiger partial charge < -0.3 is 11.1 Å². The molecule has 0 saturated heterocycles. The summed E-state index contributed by atoms with van der Waals surface area (Å²) in [6, 6.07) is 3.51. The lowest BCUT2D eigenvalue weighted by Gasteiger charge is -2.27. The lowest BCUT2D eigenvalue weighted by atomic mass is 9.81. The van der Waals surface area contributed by atoms with Gasteiger partial charge in [-0.15, -0.1) is 0 Å². The number of nitrogens with zero attached hydrogens (tertiary/aromatic N) is 1. The van der Waals surface area contributed by atoms with Crippen LogP contribution in [-0.2, 0) is 6.54 Å². The Balaban J connectivity index is 1.80. The van der Waals surface area contributed by atoms with E-state index in [9.17, 15) is 4.79 Å². The average molecular weight is 275 g/mol. The fourth-order valence-corrected chi connectivity index (χ4v) is 2.91. The zero-order valence-electron chi connectivity index (χ0n) is 12.3. The summed E-state index contributed by atoms with van der Waals surface area (Å²) in [4.78, 5) is 16.2. The predicted octanol–water partition coefficient (Wildman–Crippen LogP) is 2.49. The highest BCUT2D eigenvalue weighted by atomic mass is 16.1. The van der Waals surface area contributed by atoms with Crippen molar-refractivity contribution in [3.05, 3.63) is 29.6 Å². The minimum Gasteiger partial charge on any atom is -0.352 e. The van der Waals surface area contributed by atoms with E-state index in [1.807, 2.05) is 0 Å². The summed E-state index contributed by atoms with van der Waals surface area (Å²) in [5.41, 5.74) is 6.95. The fraction of sp³-hybridized carbons (Fsp3) is 0.625. The normalized spacial score (nSPS) is 22.5. The van der Waals surface area contributed by atoms with Gasteiger partial charge in [-0.05, 0) is 36.8 Å². The Morgan fingerprint density at radius 1 is 1.35 bits per heavy atom. The summed E-state index contributed by atoms with van der Waals surface area (Å²) in [5.74, 6) is 1.52. The lowest BCUT2D eigenvalue weighted by Crippen LogP contribution is -2.31. The van der Waals surface area contributed by atoms with E-state index in [1.54, 1.807) is 18.3 Å². The van der Waals surface area contributed by atoms with Gasteiger partial charge in [0.05, 0.1) is 5.69 Å². The van der Waals surface area contributed by atoms with E-state index in [0.29, 0.717) is 18.0 Å². The number of hydrogen-bond acceptors (Lipinski definition) is 3. The maximum absolute atomic E-state index is 12.1. The first-order valence-electron chi connectivity index (χ1n) is 7.66. The third kappa shape index (κ3) is 4.04. The number of carbonyl (C=O) groups is 1. The highest BCUT2D eigenvalue weighted by molar-refractivity contribution is 5.94. The van der Waals surface area contributed by atoms with Crippen LogP contribution in [0, 0.1) is 11.8 Å². The van der Waals surface area contributed by atoms with E-state index in [1.165, 1.54) is 32.1 Å². The van der Waals surface area contributed by atoms with Crippen molar-refractivity contribution in [2.24, 2.45) is 17.6 Å². The molecule has 1 aliphatic carbocycles. The Morgan fingerprint density at radius 2 is 2.05 bits per heavy atom. The summed E-state index contributed by atoms with van der Waals surface area (Å²) < 4.78 is 0. The van der Waals surface area contributed by atoms with Crippen LogP contribution in [0.15, 0.2) is 18.3 Å². The van der Waals surface area contributed by atoms with E-state index in [0.717, 1.165) is 18.2 Å². The van der Waals surface area contributed by atoms with Crippen LogP contribution in [0.3, 0.4) is 0 Å². The molecule has 0 bridgehead atoms. The number of carbonyl (C=O) groups excluding carboxylic acids is 1. The first-order chi connectivity index (χ1) is 9.72. The number of aromatic nitrogens is 1. The van der Waals surface area contributed by atoms with E-state index < -0.39 is 0 Å². The third-order valence-electron chi connectivity index (χ3n) is 4.38. The zero-order chi connectivity index (χ0) is 14.4. The quantitative estimate of drug-likeness (QED) is 0.867. The van der Waals surface area contributed by atoms with Gasteiger partial charge in [0.1, 0.15) is 0 Å². The highest BCUT2D eigenvalue weighted by Gasteiger charge is 2.20. The van der Waals surface area contributed by atoms with Gasteiger partial charge >= 0.3 is 0 Å². The fourth-order valence-electron chi connectivity index (χ4n) is 2.91. The number of nitrogens with one attached hydrogen (secondary N) is 1. The van der Waals surface area contributed by atoms with Crippen molar-refractivity contribution < 1.29 is 4.79 Å². The molecule has 3 N–H and O–H groups in total. The van der Waals surface area contributed by atoms with Crippen LogP contribution in [0.4, 0.5) is 0 Å². The number of rotatable bonds is 5. The standard InChI is InChI=1S/C16H25N3O/c1-2-12-3-5-13(6-4-12)11-19-16(20)14-7-8-18-15(9-14)10-17/h7-9,12-13H,2-6,10-11,17H2,1H3,(H,19,20). The molecule has 110 valence electrons. The van der Waals surface area contributed by atoms with Gasteiger partial charge in [-0.3, -0.25) is 9.78 Å². The molecular weight excluding hydrogens is 250 g/mol. The van der Waals surface area contributed by atoms with Gasteiger partial charge in [0.15, 0.2) is 0 Å². The van der Waals surface area contributed by atoms with Gasteiger partial charge in [-0.25, -0.2) is 0 Å². The van der Waals surface area contributed by atoms with Crippen LogP contribution in [-0.4, -0.2) is 17.4 Å². The average Bonchev–Trinajstić information content (AvgIpc) is 2.53. The smallest absolute Gasteiger partial charge is 0.251 e. The Bertz CT molecular complexity index is 439. The monoisotopic (exact) mass is 275 g/mol. The van der Waals surface area contributed by atoms with Crippen LogP contribution in [0.25, 0.3) is 0 Å². The Labute approximate surface area is 121 Å². The van der Waals surface area contributed by atoms with E-state index >= 15 is 0 Å². The van der Waals surface area contributed by atoms with Crippen LogP contribution >= 0.6 is 0 Å². The maximum atomic E-state index is 12.1. The molecule has 0 spiro atoms. The highest BCUT2D eigenvalue weighted by Crippen LogP contribution is 2.30. The third-order valence-corrected chi connectivity index (χ3v) is 4.38. The molecule has 1 fully saturated rings. The van der Waals surface area contributed by atoms with Crippen molar-refractivity contribution >= 4 is 5.91 Å². The first kappa shape index (κ1) is 15.0. The van der Waals surface area contributed by atoms with Crippen molar-refractivity contribution in [1.82, 2.24) is 10.3 Å². The number of pyridine rings is 1. The molecule has 20 heavy (non-hydrogen) atoms. The largest absolute Gasteiger partial charge is 0.352 e. The van der Waals surface area contributed by atoms with Crippen molar-refractivity contribution in [3.8, 4) is 0 Å². The second kappa shape index (κ2) is 7.39. The predicted molar refractivity (Wildman–Crippen MR) is 80.2 cm³/mol. The molecule has 1 amide bonds. The van der Waals surface area contributed by atoms with E-state index in [4.69, 9.17) is 5.73 Å². The van der Waals surface area contributed by atoms with Gasteiger partial charge in [0, 0.05) is 24.8 Å². The molecule has 0 aliphatic heterocycles. The van der Waals surface area contributed by atoms with Gasteiger partial charge in [-0.2, -0.15) is 0 Å².